The van der Waals surface area contributed by atoms with Crippen LogP contribution in [0.4, 0.5) is 0 Å². The van der Waals surface area contributed by atoms with Crippen LogP contribution in [0.1, 0.15) is 10.4 Å². The molecule has 1 heterocycles. The number of allylic oxidation sites excluding steroid dienone is 4. The third-order valence-corrected chi connectivity index (χ3v) is 3.54. The first kappa shape index (κ1) is 16.9. The summed E-state index contributed by atoms with van der Waals surface area (Å²) >= 11 is 0. The van der Waals surface area contributed by atoms with Crippen LogP contribution >= 0.6 is 0 Å². The highest BCUT2D eigenvalue weighted by molar-refractivity contribution is 6.25. The lowest BCUT2D eigenvalue weighted by molar-refractivity contribution is -0.376. The van der Waals surface area contributed by atoms with E-state index in [1.807, 2.05) is 0 Å². The van der Waals surface area contributed by atoms with Crippen LogP contribution in [-0.4, -0.2) is 21.6 Å². The second-order valence-corrected chi connectivity index (χ2v) is 5.24. The van der Waals surface area contributed by atoms with Gasteiger partial charge >= 0.3 is 0 Å². The minimum Gasteiger partial charge on any atom is -0.612 e. The van der Waals surface area contributed by atoms with Crippen LogP contribution in [-0.2, 0) is 0 Å². The number of carbonyl (C=O) groups excluding carboxylic acids is 1. The Morgan fingerprint density at radius 2 is 1.88 bits per heavy atom. The van der Waals surface area contributed by atoms with E-state index in [-0.39, 0.29) is 17.0 Å². The smallest absolute Gasteiger partial charge is 0.273 e. The number of furan rings is 1. The zero-order chi connectivity index (χ0) is 18.5. The third-order valence-electron chi connectivity index (χ3n) is 3.54. The molecule has 132 valence electrons. The average molecular weight is 352 g/mol. The van der Waals surface area contributed by atoms with Gasteiger partial charge in [-0.1, -0.05) is 24.3 Å². The number of hydrogen-bond donors (Lipinski definition) is 3. The normalized spacial score (nSPS) is 15.8. The van der Waals surface area contributed by atoms with E-state index in [1.165, 1.54) is 24.4 Å². The predicted molar refractivity (Wildman–Crippen MR) is 94.8 cm³/mol. The summed E-state index contributed by atoms with van der Waals surface area (Å²) < 4.78 is 5.55. The molecular weight excluding hydrogens is 338 g/mol. The van der Waals surface area contributed by atoms with Gasteiger partial charge in [-0.15, -0.1) is 0 Å². The number of rotatable bonds is 3. The lowest BCUT2D eigenvalue weighted by Crippen LogP contribution is -2.34. The van der Waals surface area contributed by atoms with Gasteiger partial charge in [-0.25, -0.2) is 0 Å². The van der Waals surface area contributed by atoms with Gasteiger partial charge in [0.2, 0.25) is 5.71 Å². The lowest BCUT2D eigenvalue weighted by Gasteiger charge is -2.09. The molecule has 26 heavy (non-hydrogen) atoms. The number of carbonyl (C=O) groups is 1. The van der Waals surface area contributed by atoms with Crippen LogP contribution in [0.3, 0.4) is 0 Å². The predicted octanol–water partition coefficient (Wildman–Crippen LogP) is 0.384. The maximum Gasteiger partial charge on any atom is 0.273 e. The molecule has 8 heteroatoms. The van der Waals surface area contributed by atoms with Crippen molar-refractivity contribution in [3.63, 3.8) is 0 Å². The standard InChI is InChI=1S/C18H14N3O5/c22-16-8-4-2-6-14(16)18(23)20-19-11-12-9-10-17(26-12)13-5-1-3-7-15(13)21(24)25/h1-11,19H,(H2-,20,22,23,24,25)/q-1. The molecule has 8 nitrogen and oxygen atoms in total. The fourth-order valence-electron chi connectivity index (χ4n) is 2.32. The van der Waals surface area contributed by atoms with E-state index in [1.54, 1.807) is 42.5 Å². The van der Waals surface area contributed by atoms with Crippen molar-refractivity contribution < 1.29 is 19.2 Å². The topological polar surface area (TPSA) is 124 Å². The molecule has 1 aromatic heterocycles. The first-order valence-electron chi connectivity index (χ1n) is 7.57. The summed E-state index contributed by atoms with van der Waals surface area (Å²) in [4.78, 5) is 11.5. The van der Waals surface area contributed by atoms with E-state index in [4.69, 9.17) is 4.42 Å². The van der Waals surface area contributed by atoms with Gasteiger partial charge in [0, 0.05) is 6.08 Å². The molecule has 2 aromatic rings. The monoisotopic (exact) mass is 352 g/mol. The molecule has 1 aliphatic rings. The van der Waals surface area contributed by atoms with Crippen molar-refractivity contribution in [3.05, 3.63) is 87.5 Å². The van der Waals surface area contributed by atoms with Crippen molar-refractivity contribution in [2.45, 2.75) is 0 Å². The maximum atomic E-state index is 11.9. The Bertz CT molecular complexity index is 1040. The molecule has 1 aliphatic carbocycles. The van der Waals surface area contributed by atoms with Crippen LogP contribution in [0.15, 0.2) is 65.1 Å². The van der Waals surface area contributed by atoms with Gasteiger partial charge in [-0.2, -0.15) is 4.90 Å². The van der Waals surface area contributed by atoms with E-state index in [0.29, 0.717) is 16.4 Å². The van der Waals surface area contributed by atoms with E-state index in [9.17, 15) is 20.3 Å². The van der Waals surface area contributed by atoms with Crippen molar-refractivity contribution in [3.8, 4) is 5.75 Å². The first-order chi connectivity index (χ1) is 12.6. The summed E-state index contributed by atoms with van der Waals surface area (Å²) in [6.45, 7) is 0. The highest BCUT2D eigenvalue weighted by Gasteiger charge is 2.13. The average Bonchev–Trinajstić information content (AvgIpc) is 3.10. The molecule has 0 saturated heterocycles. The van der Waals surface area contributed by atoms with Crippen LogP contribution in [0.2, 0.25) is 0 Å². The highest BCUT2D eigenvalue weighted by atomic mass is 16.8. The van der Waals surface area contributed by atoms with Crippen molar-refractivity contribution >= 4 is 23.4 Å². The quantitative estimate of drug-likeness (QED) is 0.542. The fraction of sp³-hybridized carbons (Fsp3) is 0. The van der Waals surface area contributed by atoms with Crippen LogP contribution < -0.4 is 21.7 Å². The number of phenols is 1. The van der Waals surface area contributed by atoms with Gasteiger partial charge < -0.3 is 25.4 Å². The molecule has 0 saturated carbocycles. The minimum absolute atomic E-state index is 0.0609. The SMILES string of the molecule is O=C(NNC=c1ccc(=C2C=CC=CC2=[N+]([O-])[O-])o1)c1ccccc1O. The van der Waals surface area contributed by atoms with Crippen LogP contribution in [0, 0.1) is 10.4 Å². The maximum absolute atomic E-state index is 11.9. The zero-order valence-electron chi connectivity index (χ0n) is 13.4. The van der Waals surface area contributed by atoms with Gasteiger partial charge in [0.15, 0.2) is 0 Å². The van der Waals surface area contributed by atoms with Crippen molar-refractivity contribution in [2.75, 3.05) is 0 Å². The molecule has 3 rings (SSSR count). The molecule has 0 atom stereocenters. The van der Waals surface area contributed by atoms with Gasteiger partial charge in [0.25, 0.3) is 5.91 Å². The fourth-order valence-corrected chi connectivity index (χ4v) is 2.32. The molecule has 0 unspecified atom stereocenters. The highest BCUT2D eigenvalue weighted by Crippen LogP contribution is 2.14. The first-order valence-corrected chi connectivity index (χ1v) is 7.57. The summed E-state index contributed by atoms with van der Waals surface area (Å²) in [6, 6.07) is 9.32. The molecule has 1 aromatic carbocycles. The molecule has 0 aliphatic heterocycles. The molecule has 0 fully saturated rings. The number of nitrogens with one attached hydrogen (secondary N) is 2. The number of benzene rings is 1. The molecule has 0 spiro atoms. The van der Waals surface area contributed by atoms with Gasteiger partial charge in [0.1, 0.15) is 16.6 Å². The molecule has 3 N–H and O–H groups in total. The number of aromatic hydroxyl groups is 1. The number of hydrogen-bond acceptors (Lipinski definition) is 6. The Morgan fingerprint density at radius 1 is 1.12 bits per heavy atom. The van der Waals surface area contributed by atoms with Gasteiger partial charge in [-0.3, -0.25) is 10.2 Å². The van der Waals surface area contributed by atoms with Crippen molar-refractivity contribution in [2.24, 2.45) is 0 Å². The number of hydrazine groups is 1. The van der Waals surface area contributed by atoms with Crippen molar-refractivity contribution in [1.29, 1.82) is 0 Å². The largest absolute Gasteiger partial charge is 0.612 e. The Kier molecular flexibility index (Phi) is 4.75. The van der Waals surface area contributed by atoms with Gasteiger partial charge in [-0.05, 0) is 30.3 Å². The van der Waals surface area contributed by atoms with E-state index >= 15 is 0 Å². The second-order valence-electron chi connectivity index (χ2n) is 5.24. The number of nitrogens with zero attached hydrogens (tertiary/aromatic N) is 1. The number of amides is 1. The summed E-state index contributed by atoms with van der Waals surface area (Å²) in [6.07, 6.45) is 7.63. The Balaban J connectivity index is 1.78. The minimum atomic E-state index is -0.523. The zero-order valence-corrected chi connectivity index (χ0v) is 13.4. The number of para-hydroxylation sites is 1. The van der Waals surface area contributed by atoms with E-state index in [0.717, 1.165) is 0 Å². The number of phenolic OH excluding ortho intramolecular Hbond substituents is 1. The Labute approximate surface area is 147 Å². The Morgan fingerprint density at radius 3 is 2.65 bits per heavy atom. The van der Waals surface area contributed by atoms with Crippen LogP contribution in [0.25, 0.3) is 11.8 Å². The molecular formula is C18H14N3O5-. The van der Waals surface area contributed by atoms with Crippen molar-refractivity contribution in [1.82, 2.24) is 10.9 Å². The third kappa shape index (κ3) is 3.59. The Hall–Kier alpha value is -3.94. The summed E-state index contributed by atoms with van der Waals surface area (Å²) in [7, 11) is 0. The van der Waals surface area contributed by atoms with E-state index < -0.39 is 10.8 Å². The lowest BCUT2D eigenvalue weighted by atomic mass is 10.1. The summed E-state index contributed by atoms with van der Waals surface area (Å²) in [5.74, 6) is -0.659. The van der Waals surface area contributed by atoms with Gasteiger partial charge in [0.05, 0.1) is 17.3 Å². The van der Waals surface area contributed by atoms with Crippen LogP contribution in [0.5, 0.6) is 5.75 Å². The molecule has 0 bridgehead atoms. The molecule has 1 amide bonds. The second kappa shape index (κ2) is 7.31. The summed E-state index contributed by atoms with van der Waals surface area (Å²) in [5.41, 5.74) is 6.06. The van der Waals surface area contributed by atoms with E-state index in [2.05, 4.69) is 10.9 Å². The summed E-state index contributed by atoms with van der Waals surface area (Å²) in [5, 5.41) is 31.8. The molecule has 0 radical (unpaired) electrons.